The highest BCUT2D eigenvalue weighted by molar-refractivity contribution is 5.56. The van der Waals surface area contributed by atoms with Gasteiger partial charge in [0.15, 0.2) is 0 Å². The largest absolute Gasteiger partial charge is 0.354 e. The summed E-state index contributed by atoms with van der Waals surface area (Å²) in [6.07, 6.45) is 2.29. The molecule has 0 spiro atoms. The molecule has 19 heavy (non-hydrogen) atoms. The Labute approximate surface area is 115 Å². The quantitative estimate of drug-likeness (QED) is 0.902. The minimum Gasteiger partial charge on any atom is -0.354 e. The van der Waals surface area contributed by atoms with E-state index in [0.29, 0.717) is 11.5 Å². The number of hydrogen-bond acceptors (Lipinski definition) is 4. The minimum atomic E-state index is 0.190. The summed E-state index contributed by atoms with van der Waals surface area (Å²) in [7, 11) is 0. The first-order valence-corrected chi connectivity index (χ1v) is 6.95. The van der Waals surface area contributed by atoms with Gasteiger partial charge in [-0.3, -0.25) is 0 Å². The number of nitriles is 1. The van der Waals surface area contributed by atoms with E-state index >= 15 is 0 Å². The highest BCUT2D eigenvalue weighted by Crippen LogP contribution is 2.28. The zero-order chi connectivity index (χ0) is 14.0. The van der Waals surface area contributed by atoms with Crippen LogP contribution < -0.4 is 10.6 Å². The molecule has 0 aliphatic carbocycles. The van der Waals surface area contributed by atoms with Crippen LogP contribution in [-0.4, -0.2) is 24.1 Å². The SMILES string of the molecule is CCC[C@@H]1CN(c2nc(C)c(C)cc2C#N)C[C@H]1N. The van der Waals surface area contributed by atoms with Gasteiger partial charge in [0, 0.05) is 24.8 Å². The zero-order valence-electron chi connectivity index (χ0n) is 12.0. The molecule has 0 radical (unpaired) electrons. The van der Waals surface area contributed by atoms with Crippen molar-refractivity contribution in [1.29, 1.82) is 5.26 Å². The van der Waals surface area contributed by atoms with E-state index in [1.54, 1.807) is 0 Å². The fourth-order valence-electron chi connectivity index (χ4n) is 2.76. The summed E-state index contributed by atoms with van der Waals surface area (Å²) in [4.78, 5) is 6.78. The van der Waals surface area contributed by atoms with Gasteiger partial charge in [-0.25, -0.2) is 4.98 Å². The van der Waals surface area contributed by atoms with E-state index in [1.165, 1.54) is 0 Å². The Hall–Kier alpha value is -1.60. The molecular weight excluding hydrogens is 236 g/mol. The van der Waals surface area contributed by atoms with E-state index in [-0.39, 0.29) is 6.04 Å². The van der Waals surface area contributed by atoms with Gasteiger partial charge in [-0.05, 0) is 37.8 Å². The third-order valence-electron chi connectivity index (χ3n) is 4.02. The molecule has 4 heteroatoms. The van der Waals surface area contributed by atoms with Gasteiger partial charge < -0.3 is 10.6 Å². The van der Waals surface area contributed by atoms with Crippen molar-refractivity contribution in [3.63, 3.8) is 0 Å². The van der Waals surface area contributed by atoms with Gasteiger partial charge in [0.1, 0.15) is 11.9 Å². The number of aryl methyl sites for hydroxylation is 2. The van der Waals surface area contributed by atoms with Crippen LogP contribution in [0.15, 0.2) is 6.07 Å². The first kappa shape index (κ1) is 13.8. The lowest BCUT2D eigenvalue weighted by atomic mass is 9.99. The molecule has 1 saturated heterocycles. The molecule has 2 atom stereocenters. The van der Waals surface area contributed by atoms with Crippen molar-refractivity contribution in [1.82, 2.24) is 4.98 Å². The molecule has 1 fully saturated rings. The van der Waals surface area contributed by atoms with Crippen molar-refractivity contribution in [2.24, 2.45) is 11.7 Å². The van der Waals surface area contributed by atoms with E-state index in [2.05, 4.69) is 22.9 Å². The Morgan fingerprint density at radius 1 is 1.47 bits per heavy atom. The number of rotatable bonds is 3. The highest BCUT2D eigenvalue weighted by Gasteiger charge is 2.31. The van der Waals surface area contributed by atoms with Crippen LogP contribution in [-0.2, 0) is 0 Å². The Balaban J connectivity index is 2.28. The molecule has 0 unspecified atom stereocenters. The number of anilines is 1. The van der Waals surface area contributed by atoms with Crippen LogP contribution in [0.5, 0.6) is 0 Å². The van der Waals surface area contributed by atoms with Crippen molar-refractivity contribution in [2.45, 2.75) is 39.7 Å². The average molecular weight is 258 g/mol. The molecule has 0 bridgehead atoms. The lowest BCUT2D eigenvalue weighted by molar-refractivity contribution is 0.472. The van der Waals surface area contributed by atoms with Gasteiger partial charge in [-0.1, -0.05) is 13.3 Å². The van der Waals surface area contributed by atoms with Crippen LogP contribution in [0.2, 0.25) is 0 Å². The fourth-order valence-corrected chi connectivity index (χ4v) is 2.76. The van der Waals surface area contributed by atoms with E-state index in [4.69, 9.17) is 5.73 Å². The third-order valence-corrected chi connectivity index (χ3v) is 4.02. The molecule has 1 aliphatic heterocycles. The van der Waals surface area contributed by atoms with Gasteiger partial charge in [-0.2, -0.15) is 5.26 Å². The normalized spacial score (nSPS) is 22.6. The Morgan fingerprint density at radius 2 is 2.21 bits per heavy atom. The van der Waals surface area contributed by atoms with E-state index in [0.717, 1.165) is 43.0 Å². The van der Waals surface area contributed by atoms with Gasteiger partial charge in [0.2, 0.25) is 0 Å². The zero-order valence-corrected chi connectivity index (χ0v) is 12.0. The molecule has 4 nitrogen and oxygen atoms in total. The van der Waals surface area contributed by atoms with E-state index < -0.39 is 0 Å². The summed E-state index contributed by atoms with van der Waals surface area (Å²) < 4.78 is 0. The summed E-state index contributed by atoms with van der Waals surface area (Å²) in [5.41, 5.74) is 8.91. The summed E-state index contributed by atoms with van der Waals surface area (Å²) in [5.74, 6) is 1.32. The molecule has 0 amide bonds. The van der Waals surface area contributed by atoms with Crippen LogP contribution in [0.3, 0.4) is 0 Å². The first-order chi connectivity index (χ1) is 9.06. The van der Waals surface area contributed by atoms with Gasteiger partial charge in [-0.15, -0.1) is 0 Å². The van der Waals surface area contributed by atoms with E-state index in [9.17, 15) is 5.26 Å². The fraction of sp³-hybridized carbons (Fsp3) is 0.600. The molecule has 2 heterocycles. The van der Waals surface area contributed by atoms with Crippen molar-refractivity contribution >= 4 is 5.82 Å². The monoisotopic (exact) mass is 258 g/mol. The maximum atomic E-state index is 9.28. The molecule has 0 saturated carbocycles. The standard InChI is InChI=1S/C15H22N4/c1-4-5-12-8-19(9-14(12)17)15-13(7-16)6-10(2)11(3)18-15/h6,12,14H,4-5,8-9,17H2,1-3H3/t12-,14-/m1/s1. The number of nitrogens with zero attached hydrogens (tertiary/aromatic N) is 3. The predicted octanol–water partition coefficient (Wildman–Crippen LogP) is 2.13. The van der Waals surface area contributed by atoms with Gasteiger partial charge >= 0.3 is 0 Å². The van der Waals surface area contributed by atoms with Crippen molar-refractivity contribution < 1.29 is 0 Å². The second-order valence-electron chi connectivity index (χ2n) is 5.49. The predicted molar refractivity (Wildman–Crippen MR) is 77.0 cm³/mol. The third kappa shape index (κ3) is 2.71. The Bertz CT molecular complexity index is 504. The topological polar surface area (TPSA) is 65.9 Å². The number of nitrogens with two attached hydrogens (primary N) is 1. The van der Waals surface area contributed by atoms with Crippen molar-refractivity contribution in [2.75, 3.05) is 18.0 Å². The van der Waals surface area contributed by atoms with Crippen LogP contribution in [0.25, 0.3) is 0 Å². The summed E-state index contributed by atoms with van der Waals surface area (Å²) in [6.45, 7) is 7.88. The molecule has 2 rings (SSSR count). The van der Waals surface area contributed by atoms with Crippen molar-refractivity contribution in [3.05, 3.63) is 22.9 Å². The number of hydrogen-bond donors (Lipinski definition) is 1. The molecular formula is C15H22N4. The van der Waals surface area contributed by atoms with Crippen molar-refractivity contribution in [3.8, 4) is 6.07 Å². The summed E-state index contributed by atoms with van der Waals surface area (Å²) >= 11 is 0. The number of pyridine rings is 1. The van der Waals surface area contributed by atoms with Crippen LogP contribution in [0.1, 0.15) is 36.6 Å². The minimum absolute atomic E-state index is 0.190. The maximum Gasteiger partial charge on any atom is 0.146 e. The molecule has 2 N–H and O–H groups in total. The average Bonchev–Trinajstić information content (AvgIpc) is 2.74. The highest BCUT2D eigenvalue weighted by atomic mass is 15.2. The second kappa shape index (κ2) is 5.58. The lowest BCUT2D eigenvalue weighted by Crippen LogP contribution is -2.30. The molecule has 0 aromatic carbocycles. The first-order valence-electron chi connectivity index (χ1n) is 6.95. The summed E-state index contributed by atoms with van der Waals surface area (Å²) in [5, 5.41) is 9.28. The number of aromatic nitrogens is 1. The second-order valence-corrected chi connectivity index (χ2v) is 5.49. The maximum absolute atomic E-state index is 9.28. The Kier molecular flexibility index (Phi) is 4.06. The Morgan fingerprint density at radius 3 is 2.84 bits per heavy atom. The molecule has 1 aromatic heterocycles. The van der Waals surface area contributed by atoms with E-state index in [1.807, 2.05) is 19.9 Å². The van der Waals surface area contributed by atoms with Crippen LogP contribution in [0, 0.1) is 31.1 Å². The van der Waals surface area contributed by atoms with Gasteiger partial charge in [0.05, 0.1) is 5.56 Å². The van der Waals surface area contributed by atoms with Gasteiger partial charge in [0.25, 0.3) is 0 Å². The summed E-state index contributed by atoms with van der Waals surface area (Å²) in [6, 6.07) is 4.37. The molecule has 102 valence electrons. The molecule has 1 aromatic rings. The molecule has 1 aliphatic rings. The van der Waals surface area contributed by atoms with Crippen LogP contribution >= 0.6 is 0 Å². The lowest BCUT2D eigenvalue weighted by Gasteiger charge is -2.19. The smallest absolute Gasteiger partial charge is 0.146 e. The van der Waals surface area contributed by atoms with Crippen LogP contribution in [0.4, 0.5) is 5.82 Å².